The van der Waals surface area contributed by atoms with Crippen LogP contribution in [-0.2, 0) is 6.42 Å². The third-order valence-corrected chi connectivity index (χ3v) is 5.73. The first-order valence-electron chi connectivity index (χ1n) is 10.3. The van der Waals surface area contributed by atoms with E-state index in [9.17, 15) is 9.59 Å². The summed E-state index contributed by atoms with van der Waals surface area (Å²) < 4.78 is 0. The quantitative estimate of drug-likeness (QED) is 0.664. The van der Waals surface area contributed by atoms with E-state index in [1.54, 1.807) is 6.07 Å². The molecule has 1 atom stereocenters. The van der Waals surface area contributed by atoms with Crippen LogP contribution in [-0.4, -0.2) is 21.7 Å². The molecule has 4 rings (SSSR count). The minimum Gasteiger partial charge on any atom is -0.294 e. The molecule has 0 aliphatic heterocycles. The molecule has 5 nitrogen and oxygen atoms in total. The molecule has 152 valence electrons. The van der Waals surface area contributed by atoms with Crippen molar-refractivity contribution in [1.82, 2.24) is 9.97 Å². The predicted octanol–water partition coefficient (Wildman–Crippen LogP) is 5.07. The van der Waals surface area contributed by atoms with Gasteiger partial charge in [-0.3, -0.25) is 14.9 Å². The second kappa shape index (κ2) is 8.19. The summed E-state index contributed by atoms with van der Waals surface area (Å²) in [6, 6.07) is 15.9. The molecule has 30 heavy (non-hydrogen) atoms. The first kappa shape index (κ1) is 20.0. The van der Waals surface area contributed by atoms with E-state index >= 15 is 0 Å². The Morgan fingerprint density at radius 3 is 2.50 bits per heavy atom. The number of hydrogen-bond donors (Lipinski definition) is 1. The van der Waals surface area contributed by atoms with Crippen molar-refractivity contribution in [3.8, 4) is 0 Å². The molecule has 1 amide bonds. The number of Topliss-reactive ketones (excluding diaryl/α,β-unsaturated/α-hetero) is 1. The Morgan fingerprint density at radius 1 is 1.07 bits per heavy atom. The number of carbonyl (C=O) groups is 2. The number of hydrogen-bond acceptors (Lipinski definition) is 4. The van der Waals surface area contributed by atoms with E-state index < -0.39 is 0 Å². The lowest BCUT2D eigenvalue weighted by Crippen LogP contribution is -2.22. The predicted molar refractivity (Wildman–Crippen MR) is 117 cm³/mol. The molecule has 3 aromatic rings. The number of nitrogens with one attached hydrogen (secondary N) is 1. The van der Waals surface area contributed by atoms with Crippen LogP contribution in [0.3, 0.4) is 0 Å². The van der Waals surface area contributed by atoms with Gasteiger partial charge in [-0.05, 0) is 47.9 Å². The highest BCUT2D eigenvalue weighted by Gasteiger charge is 2.28. The lowest BCUT2D eigenvalue weighted by Gasteiger charge is -2.23. The van der Waals surface area contributed by atoms with Crippen molar-refractivity contribution >= 4 is 17.6 Å². The van der Waals surface area contributed by atoms with Gasteiger partial charge in [0.2, 0.25) is 5.95 Å². The zero-order valence-electron chi connectivity index (χ0n) is 17.5. The normalized spacial score (nSPS) is 15.7. The Kier molecular flexibility index (Phi) is 5.44. The fourth-order valence-electron chi connectivity index (χ4n) is 3.89. The number of amides is 1. The van der Waals surface area contributed by atoms with Crippen molar-refractivity contribution in [2.75, 3.05) is 5.32 Å². The first-order chi connectivity index (χ1) is 14.4. The average Bonchev–Trinajstić information content (AvgIpc) is 2.73. The van der Waals surface area contributed by atoms with Gasteiger partial charge < -0.3 is 0 Å². The molecule has 0 bridgehead atoms. The number of carbonyl (C=O) groups excluding carboxylic acids is 2. The molecular weight excluding hydrogens is 374 g/mol. The number of aryl methyl sites for hydroxylation is 1. The maximum atomic E-state index is 12.7. The van der Waals surface area contributed by atoms with Gasteiger partial charge in [0.1, 0.15) is 0 Å². The van der Waals surface area contributed by atoms with Crippen molar-refractivity contribution in [3.63, 3.8) is 0 Å². The zero-order chi connectivity index (χ0) is 21.3. The van der Waals surface area contributed by atoms with Crippen LogP contribution in [0.5, 0.6) is 0 Å². The molecule has 2 aromatic carbocycles. The highest BCUT2D eigenvalue weighted by Crippen LogP contribution is 2.32. The Morgan fingerprint density at radius 2 is 1.80 bits per heavy atom. The molecule has 1 N–H and O–H groups in total. The average molecular weight is 399 g/mol. The molecule has 1 aromatic heterocycles. The summed E-state index contributed by atoms with van der Waals surface area (Å²) in [6.07, 6.45) is 2.64. The summed E-state index contributed by atoms with van der Waals surface area (Å²) in [5, 5.41) is 2.77. The van der Waals surface area contributed by atoms with Gasteiger partial charge in [-0.2, -0.15) is 0 Å². The number of fused-ring (bicyclic) bond motifs is 1. The Labute approximate surface area is 176 Å². The molecule has 0 fully saturated rings. The van der Waals surface area contributed by atoms with E-state index in [1.165, 1.54) is 11.8 Å². The molecule has 0 saturated carbocycles. The van der Waals surface area contributed by atoms with Gasteiger partial charge in [-0.15, -0.1) is 0 Å². The fraction of sp³-hybridized carbons (Fsp3) is 0.280. The maximum absolute atomic E-state index is 12.7. The van der Waals surface area contributed by atoms with E-state index in [2.05, 4.69) is 53.4 Å². The molecule has 0 spiro atoms. The van der Waals surface area contributed by atoms with Crippen LogP contribution in [0.15, 0.2) is 54.7 Å². The van der Waals surface area contributed by atoms with Crippen molar-refractivity contribution < 1.29 is 9.59 Å². The van der Waals surface area contributed by atoms with Gasteiger partial charge >= 0.3 is 0 Å². The highest BCUT2D eigenvalue weighted by molar-refractivity contribution is 6.04. The number of nitrogens with zero attached hydrogens (tertiary/aromatic N) is 2. The van der Waals surface area contributed by atoms with E-state index in [0.29, 0.717) is 35.6 Å². The first-order valence-corrected chi connectivity index (χ1v) is 10.3. The minimum absolute atomic E-state index is 0.0472. The summed E-state index contributed by atoms with van der Waals surface area (Å²) in [4.78, 5) is 34.0. The van der Waals surface area contributed by atoms with Crippen LogP contribution in [0.2, 0.25) is 0 Å². The van der Waals surface area contributed by atoms with Crippen molar-refractivity contribution in [3.05, 3.63) is 88.2 Å². The van der Waals surface area contributed by atoms with Crippen LogP contribution in [0, 0.1) is 6.92 Å². The topological polar surface area (TPSA) is 72.0 Å². The van der Waals surface area contributed by atoms with Crippen molar-refractivity contribution in [2.45, 2.75) is 45.4 Å². The summed E-state index contributed by atoms with van der Waals surface area (Å²) in [7, 11) is 0. The monoisotopic (exact) mass is 399 g/mol. The Balaban J connectivity index is 1.56. The second-order valence-electron chi connectivity index (χ2n) is 8.17. The number of ketones is 1. The zero-order valence-corrected chi connectivity index (χ0v) is 17.5. The van der Waals surface area contributed by atoms with E-state index in [1.807, 2.05) is 25.1 Å². The van der Waals surface area contributed by atoms with E-state index in [4.69, 9.17) is 0 Å². The molecule has 0 radical (unpaired) electrons. The third-order valence-electron chi connectivity index (χ3n) is 5.73. The highest BCUT2D eigenvalue weighted by atomic mass is 16.1. The van der Waals surface area contributed by atoms with Crippen LogP contribution >= 0.6 is 0 Å². The van der Waals surface area contributed by atoms with Gasteiger partial charge in [0.15, 0.2) is 5.78 Å². The van der Waals surface area contributed by atoms with Gasteiger partial charge in [0.25, 0.3) is 5.91 Å². The van der Waals surface area contributed by atoms with E-state index in [0.717, 1.165) is 11.1 Å². The molecule has 1 aliphatic rings. The molecule has 5 heteroatoms. The number of rotatable bonds is 4. The number of anilines is 1. The second-order valence-corrected chi connectivity index (χ2v) is 8.17. The minimum atomic E-state index is -0.254. The lowest BCUT2D eigenvalue weighted by molar-refractivity contribution is 0.0962. The number of aromatic nitrogens is 2. The Bertz CT molecular complexity index is 1100. The van der Waals surface area contributed by atoms with Gasteiger partial charge in [-0.25, -0.2) is 9.97 Å². The lowest BCUT2D eigenvalue weighted by atomic mass is 9.81. The molecule has 1 heterocycles. The number of benzene rings is 2. The van der Waals surface area contributed by atoms with Gasteiger partial charge in [0, 0.05) is 18.2 Å². The summed E-state index contributed by atoms with van der Waals surface area (Å²) in [6.45, 7) is 6.22. The standard InChI is InChI=1S/C25H25N3O2/c1-15(2)17-8-10-18(11-9-17)19-12-22-21(23(29)13-19)14-26-25(27-22)28-24(30)20-7-5-4-6-16(20)3/h4-11,14-15,19H,12-13H2,1-3H3,(H,26,27,28,30). The van der Waals surface area contributed by atoms with Crippen LogP contribution in [0.1, 0.15) is 75.2 Å². The molecule has 1 aliphatic carbocycles. The van der Waals surface area contributed by atoms with E-state index in [-0.39, 0.29) is 23.6 Å². The van der Waals surface area contributed by atoms with Gasteiger partial charge in [0.05, 0.1) is 11.3 Å². The van der Waals surface area contributed by atoms with Crippen molar-refractivity contribution in [1.29, 1.82) is 0 Å². The summed E-state index contributed by atoms with van der Waals surface area (Å²) >= 11 is 0. The molecule has 0 saturated heterocycles. The Hall–Kier alpha value is -3.34. The third kappa shape index (κ3) is 4.01. The fourth-order valence-corrected chi connectivity index (χ4v) is 3.89. The van der Waals surface area contributed by atoms with Crippen LogP contribution < -0.4 is 5.32 Å². The van der Waals surface area contributed by atoms with Crippen molar-refractivity contribution in [2.24, 2.45) is 0 Å². The summed E-state index contributed by atoms with van der Waals surface area (Å²) in [5.41, 5.74) is 5.14. The largest absolute Gasteiger partial charge is 0.294 e. The van der Waals surface area contributed by atoms with Gasteiger partial charge in [-0.1, -0.05) is 56.3 Å². The van der Waals surface area contributed by atoms with Crippen LogP contribution in [0.4, 0.5) is 5.95 Å². The SMILES string of the molecule is Cc1ccccc1C(=O)Nc1ncc2c(n1)CC(c1ccc(C(C)C)cc1)CC2=O. The van der Waals surface area contributed by atoms with Crippen LogP contribution in [0.25, 0.3) is 0 Å². The molecular formula is C25H25N3O2. The smallest absolute Gasteiger partial charge is 0.258 e. The maximum Gasteiger partial charge on any atom is 0.258 e. The molecule has 1 unspecified atom stereocenters. The summed E-state index contributed by atoms with van der Waals surface area (Å²) in [5.74, 6) is 0.577.